The first kappa shape index (κ1) is 31.2. The Labute approximate surface area is 256 Å². The minimum atomic E-state index is -2.95. The van der Waals surface area contributed by atoms with E-state index in [1.165, 1.54) is 0 Å². The number of aliphatic hydroxyl groups is 1. The second kappa shape index (κ2) is 14.0. The number of nitrogens with one attached hydrogen (secondary N) is 2. The second-order valence-electron chi connectivity index (χ2n) is 11.3. The Hall–Kier alpha value is -3.28. The van der Waals surface area contributed by atoms with Crippen molar-refractivity contribution in [2.24, 2.45) is 0 Å². The zero-order valence-electron chi connectivity index (χ0n) is 25.0. The number of nitrogens with zero attached hydrogens (tertiary/aromatic N) is 2. The van der Waals surface area contributed by atoms with Crippen LogP contribution in [0.4, 0.5) is 11.4 Å². The molecule has 43 heavy (non-hydrogen) atoms. The molecular formula is C33H44N4O5S. The Kier molecular flexibility index (Phi) is 10.1. The first-order valence-electron chi connectivity index (χ1n) is 15.1. The van der Waals surface area contributed by atoms with Crippen molar-refractivity contribution in [1.29, 1.82) is 0 Å². The summed E-state index contributed by atoms with van der Waals surface area (Å²) >= 11 is 0. The van der Waals surface area contributed by atoms with Gasteiger partial charge >= 0.3 is 0 Å². The Bertz CT molecular complexity index is 1390. The van der Waals surface area contributed by atoms with E-state index in [4.69, 9.17) is 4.74 Å². The third-order valence-electron chi connectivity index (χ3n) is 8.37. The van der Waals surface area contributed by atoms with Crippen LogP contribution in [0, 0.1) is 0 Å². The highest BCUT2D eigenvalue weighted by Crippen LogP contribution is 2.52. The molecule has 0 spiro atoms. The van der Waals surface area contributed by atoms with Crippen molar-refractivity contribution >= 4 is 28.1 Å². The number of methoxy groups -OCH3 is 1. The van der Waals surface area contributed by atoms with Crippen LogP contribution >= 0.6 is 10.8 Å². The predicted molar refractivity (Wildman–Crippen MR) is 174 cm³/mol. The fourth-order valence-corrected chi connectivity index (χ4v) is 7.72. The maximum atomic E-state index is 13.9. The van der Waals surface area contributed by atoms with Crippen LogP contribution in [0.2, 0.25) is 0 Å². The number of fused-ring (bicyclic) bond motifs is 1. The Morgan fingerprint density at radius 1 is 1.00 bits per heavy atom. The molecule has 9 nitrogen and oxygen atoms in total. The molecule has 232 valence electrons. The van der Waals surface area contributed by atoms with E-state index in [2.05, 4.69) is 22.5 Å². The lowest BCUT2D eigenvalue weighted by molar-refractivity contribution is 0.0830. The molecule has 2 aliphatic heterocycles. The fourth-order valence-electron chi connectivity index (χ4n) is 6.01. The molecular weight excluding hydrogens is 564 g/mol. The number of rotatable bonds is 12. The lowest BCUT2D eigenvalue weighted by Gasteiger charge is -2.48. The third kappa shape index (κ3) is 7.45. The van der Waals surface area contributed by atoms with Gasteiger partial charge in [-0.1, -0.05) is 42.5 Å². The highest BCUT2D eigenvalue weighted by atomic mass is 32.3. The third-order valence-corrected chi connectivity index (χ3v) is 10.3. The first-order chi connectivity index (χ1) is 20.8. The van der Waals surface area contributed by atoms with E-state index in [-0.39, 0.29) is 12.5 Å². The number of carbonyl (C=O) groups excluding carboxylic acids is 1. The summed E-state index contributed by atoms with van der Waals surface area (Å²) in [5, 5.41) is 17.8. The van der Waals surface area contributed by atoms with Crippen LogP contribution in [0.3, 0.4) is 0 Å². The molecule has 5 N–H and O–H groups in total. The number of ether oxygens (including phenoxy) is 1. The van der Waals surface area contributed by atoms with Gasteiger partial charge in [0.25, 0.3) is 5.91 Å². The van der Waals surface area contributed by atoms with Crippen LogP contribution in [0.25, 0.3) is 0 Å². The van der Waals surface area contributed by atoms with Crippen LogP contribution in [-0.2, 0) is 19.4 Å². The summed E-state index contributed by atoms with van der Waals surface area (Å²) in [7, 11) is -1.32. The minimum Gasteiger partial charge on any atom is -0.497 e. The maximum Gasteiger partial charge on any atom is 0.251 e. The molecule has 3 aromatic rings. The summed E-state index contributed by atoms with van der Waals surface area (Å²) in [6.07, 6.45) is 2.03. The molecule has 0 aliphatic carbocycles. The van der Waals surface area contributed by atoms with Gasteiger partial charge in [0.2, 0.25) is 0 Å². The van der Waals surface area contributed by atoms with Crippen LogP contribution in [0.15, 0.2) is 66.7 Å². The van der Waals surface area contributed by atoms with Crippen molar-refractivity contribution in [3.05, 3.63) is 89.0 Å². The molecule has 2 atom stereocenters. The summed E-state index contributed by atoms with van der Waals surface area (Å²) in [6, 6.07) is 20.7. The molecule has 2 aliphatic rings. The minimum absolute atomic E-state index is 0.280. The average molecular weight is 609 g/mol. The lowest BCUT2D eigenvalue weighted by Crippen LogP contribution is -2.48. The normalized spacial score (nSPS) is 18.1. The highest BCUT2D eigenvalue weighted by molar-refractivity contribution is 8.25. The Morgan fingerprint density at radius 2 is 1.77 bits per heavy atom. The second-order valence-corrected chi connectivity index (χ2v) is 13.4. The van der Waals surface area contributed by atoms with Crippen LogP contribution in [0.1, 0.15) is 46.8 Å². The van der Waals surface area contributed by atoms with Gasteiger partial charge in [-0.15, -0.1) is 10.8 Å². The van der Waals surface area contributed by atoms with Crippen molar-refractivity contribution in [1.82, 2.24) is 10.6 Å². The van der Waals surface area contributed by atoms with Gasteiger partial charge in [-0.2, -0.15) is 0 Å². The number of amides is 1. The van der Waals surface area contributed by atoms with Crippen molar-refractivity contribution in [3.8, 4) is 5.75 Å². The van der Waals surface area contributed by atoms with E-state index in [1.54, 1.807) is 17.5 Å². The monoisotopic (exact) mass is 608 g/mol. The molecule has 0 saturated carbocycles. The molecule has 1 amide bonds. The molecule has 0 aromatic heterocycles. The first-order valence-corrected chi connectivity index (χ1v) is 16.8. The van der Waals surface area contributed by atoms with Gasteiger partial charge in [-0.25, -0.2) is 0 Å². The maximum absolute atomic E-state index is 13.9. The zero-order valence-corrected chi connectivity index (χ0v) is 25.9. The smallest absolute Gasteiger partial charge is 0.251 e. The van der Waals surface area contributed by atoms with E-state index in [1.807, 2.05) is 60.7 Å². The molecule has 2 heterocycles. The molecule has 10 heteroatoms. The summed E-state index contributed by atoms with van der Waals surface area (Å²) in [5.74, 6) is 0.813. The van der Waals surface area contributed by atoms with Crippen molar-refractivity contribution in [2.45, 2.75) is 51.3 Å². The summed E-state index contributed by atoms with van der Waals surface area (Å²) in [5.41, 5.74) is 5.25. The van der Waals surface area contributed by atoms with E-state index < -0.39 is 22.9 Å². The number of aliphatic hydroxyl groups excluding tert-OH is 1. The fraction of sp³-hybridized carbons (Fsp3) is 0.424. The zero-order chi connectivity index (χ0) is 30.4. The van der Waals surface area contributed by atoms with E-state index in [0.717, 1.165) is 66.2 Å². The van der Waals surface area contributed by atoms with Gasteiger partial charge in [0.1, 0.15) is 5.75 Å². The summed E-state index contributed by atoms with van der Waals surface area (Å²) in [6.45, 7) is 5.07. The van der Waals surface area contributed by atoms with E-state index >= 15 is 0 Å². The topological polar surface area (TPSA) is 118 Å². The standard InChI is InChI=1S/C33H44N4O5S/c1-3-36-16-14-28-30(36)20-26(21-31(28)37-15-7-8-17-43(37,40)41)33(39)35-29(19-24-10-5-4-6-11-24)32(38)23-34-22-25-12-9-13-27(18-25)42-2/h4-6,9-13,18,20-21,29,32,34,38,40-41H,3,7-8,14-17,19,22-23H2,1-2H3,(H,35,39)/t29-,32-/m0/s1. The Balaban J connectivity index is 1.37. The SMILES string of the molecule is CCN1CCc2c1cc(C(=O)N[C@@H](Cc1ccccc1)[C@@H](O)CNCc1cccc(OC)c1)cc2N1CCCCS1(O)O. The predicted octanol–water partition coefficient (Wildman–Crippen LogP) is 4.84. The summed E-state index contributed by atoms with van der Waals surface area (Å²) in [4.78, 5) is 16.1. The molecule has 0 radical (unpaired) electrons. The van der Waals surface area contributed by atoms with Crippen molar-refractivity contribution < 1.29 is 23.7 Å². The molecule has 0 bridgehead atoms. The van der Waals surface area contributed by atoms with Crippen LogP contribution in [-0.4, -0.2) is 71.3 Å². The molecule has 5 rings (SSSR count). The molecule has 3 aromatic carbocycles. The van der Waals surface area contributed by atoms with Gasteiger partial charge in [-0.3, -0.25) is 18.2 Å². The van der Waals surface area contributed by atoms with Crippen molar-refractivity contribution in [3.63, 3.8) is 0 Å². The van der Waals surface area contributed by atoms with Crippen molar-refractivity contribution in [2.75, 3.05) is 48.2 Å². The van der Waals surface area contributed by atoms with E-state index in [9.17, 15) is 19.0 Å². The number of hydrogen-bond acceptors (Lipinski definition) is 8. The highest BCUT2D eigenvalue weighted by Gasteiger charge is 2.33. The van der Waals surface area contributed by atoms with Gasteiger partial charge in [0.15, 0.2) is 0 Å². The Morgan fingerprint density at radius 3 is 2.51 bits per heavy atom. The number of benzene rings is 3. The molecule has 1 saturated heterocycles. The number of likely N-dealkylation sites (N-methyl/N-ethyl adjacent to an activating group) is 1. The molecule has 0 unspecified atom stereocenters. The van der Waals surface area contributed by atoms with Crippen LogP contribution < -0.4 is 24.6 Å². The van der Waals surface area contributed by atoms with Gasteiger partial charge < -0.3 is 25.4 Å². The lowest BCUT2D eigenvalue weighted by atomic mass is 9.99. The van der Waals surface area contributed by atoms with E-state index in [0.29, 0.717) is 30.8 Å². The van der Waals surface area contributed by atoms with Gasteiger partial charge in [0, 0.05) is 49.5 Å². The summed E-state index contributed by atoms with van der Waals surface area (Å²) < 4.78 is 28.9. The van der Waals surface area contributed by atoms with Gasteiger partial charge in [0.05, 0.1) is 30.7 Å². The molecule has 1 fully saturated rings. The van der Waals surface area contributed by atoms with Crippen LogP contribution in [0.5, 0.6) is 5.75 Å². The number of anilines is 2. The number of carbonyl (C=O) groups is 1. The quantitative estimate of drug-likeness (QED) is 0.199. The largest absolute Gasteiger partial charge is 0.497 e. The van der Waals surface area contributed by atoms with Gasteiger partial charge in [-0.05, 0) is 68.0 Å². The average Bonchev–Trinajstić information content (AvgIpc) is 3.44. The number of hydrogen-bond donors (Lipinski definition) is 5.